The van der Waals surface area contributed by atoms with Crippen molar-refractivity contribution in [3.05, 3.63) is 97.7 Å². The molecule has 0 unspecified atom stereocenters. The van der Waals surface area contributed by atoms with Gasteiger partial charge in [0, 0.05) is 8.95 Å². The van der Waals surface area contributed by atoms with E-state index in [1.165, 1.54) is 11.8 Å². The molecule has 8 heteroatoms. The van der Waals surface area contributed by atoms with Crippen molar-refractivity contribution in [1.29, 1.82) is 0 Å². The summed E-state index contributed by atoms with van der Waals surface area (Å²) in [5.41, 5.74) is 1.84. The number of hydrogen-bond donors (Lipinski definition) is 0. The van der Waals surface area contributed by atoms with Gasteiger partial charge in [0.15, 0.2) is 5.17 Å². The van der Waals surface area contributed by atoms with Gasteiger partial charge in [0.05, 0.1) is 23.9 Å². The minimum Gasteiger partial charge on any atom is -0.467 e. The SMILES string of the molecule is O=C1/C(=C/c2cccc(Br)c2)S/C(=N/N=C\c2cccc(Br)c2)N1Cc1ccco1. The second-order valence-electron chi connectivity index (χ2n) is 6.32. The molecular formula is C22H15Br2N3O2S. The summed E-state index contributed by atoms with van der Waals surface area (Å²) in [5, 5.41) is 9.02. The van der Waals surface area contributed by atoms with Gasteiger partial charge in [-0.2, -0.15) is 5.10 Å². The Hall–Kier alpha value is -2.42. The molecule has 2 aromatic carbocycles. The number of halogens is 2. The summed E-state index contributed by atoms with van der Waals surface area (Å²) in [6, 6.07) is 19.1. The predicted molar refractivity (Wildman–Crippen MR) is 128 cm³/mol. The zero-order valence-corrected chi connectivity index (χ0v) is 19.5. The summed E-state index contributed by atoms with van der Waals surface area (Å²) in [4.78, 5) is 15.2. The average Bonchev–Trinajstić information content (AvgIpc) is 3.33. The lowest BCUT2D eigenvalue weighted by Gasteiger charge is -2.12. The Bertz CT molecular complexity index is 1160. The van der Waals surface area contributed by atoms with Crippen molar-refractivity contribution in [2.45, 2.75) is 6.54 Å². The fourth-order valence-corrected chi connectivity index (χ4v) is 4.53. The summed E-state index contributed by atoms with van der Waals surface area (Å²) in [6.45, 7) is 0.292. The van der Waals surface area contributed by atoms with Crippen LogP contribution in [0.1, 0.15) is 16.9 Å². The fourth-order valence-electron chi connectivity index (χ4n) is 2.76. The molecule has 0 radical (unpaired) electrons. The first-order chi connectivity index (χ1) is 14.6. The number of thioether (sulfide) groups is 1. The third kappa shape index (κ3) is 5.19. The van der Waals surface area contributed by atoms with Crippen molar-refractivity contribution < 1.29 is 9.21 Å². The Kier molecular flexibility index (Phi) is 6.66. The number of nitrogens with zero attached hydrogens (tertiary/aromatic N) is 3. The first kappa shape index (κ1) is 20.8. The Morgan fingerprint density at radius 2 is 1.73 bits per heavy atom. The van der Waals surface area contributed by atoms with E-state index >= 15 is 0 Å². The lowest BCUT2D eigenvalue weighted by molar-refractivity contribution is -0.122. The molecular weight excluding hydrogens is 530 g/mol. The van der Waals surface area contributed by atoms with Crippen LogP contribution in [0.5, 0.6) is 0 Å². The summed E-state index contributed by atoms with van der Waals surface area (Å²) < 4.78 is 7.33. The highest BCUT2D eigenvalue weighted by Gasteiger charge is 2.34. The van der Waals surface area contributed by atoms with Gasteiger partial charge in [0.25, 0.3) is 5.91 Å². The number of furan rings is 1. The monoisotopic (exact) mass is 543 g/mol. The van der Waals surface area contributed by atoms with Crippen molar-refractivity contribution in [3.63, 3.8) is 0 Å². The maximum absolute atomic E-state index is 13.1. The standard InChI is InChI=1S/C22H15Br2N3O2S/c23-17-6-1-4-15(10-17)12-20-21(28)27(14-19-8-3-9-29-19)22(30-20)26-25-13-16-5-2-7-18(24)11-16/h1-13H,14H2/b20-12-,25-13-,26-22+. The third-order valence-electron chi connectivity index (χ3n) is 4.13. The van der Waals surface area contributed by atoms with E-state index in [1.807, 2.05) is 60.7 Å². The van der Waals surface area contributed by atoms with E-state index < -0.39 is 0 Å². The maximum atomic E-state index is 13.1. The van der Waals surface area contributed by atoms with Crippen LogP contribution in [0.2, 0.25) is 0 Å². The largest absolute Gasteiger partial charge is 0.467 e. The summed E-state index contributed by atoms with van der Waals surface area (Å²) in [6.07, 6.45) is 5.10. The van der Waals surface area contributed by atoms with Crippen LogP contribution in [0.3, 0.4) is 0 Å². The van der Waals surface area contributed by atoms with Crippen LogP contribution in [0.4, 0.5) is 0 Å². The Labute approximate surface area is 194 Å². The molecule has 1 saturated heterocycles. The number of carbonyl (C=O) groups is 1. The van der Waals surface area contributed by atoms with E-state index in [-0.39, 0.29) is 5.91 Å². The first-order valence-corrected chi connectivity index (χ1v) is 11.3. The number of hydrogen-bond acceptors (Lipinski definition) is 5. The molecule has 0 bridgehead atoms. The van der Waals surface area contributed by atoms with Crippen molar-refractivity contribution in [3.8, 4) is 0 Å². The van der Waals surface area contributed by atoms with Crippen LogP contribution in [-0.2, 0) is 11.3 Å². The Balaban J connectivity index is 1.62. The molecule has 1 aliphatic heterocycles. The number of rotatable bonds is 5. The normalized spacial score (nSPS) is 17.0. The van der Waals surface area contributed by atoms with Gasteiger partial charge >= 0.3 is 0 Å². The number of benzene rings is 2. The molecule has 1 amide bonds. The average molecular weight is 545 g/mol. The van der Waals surface area contributed by atoms with E-state index in [2.05, 4.69) is 42.1 Å². The van der Waals surface area contributed by atoms with Crippen molar-refractivity contribution in [2.75, 3.05) is 0 Å². The van der Waals surface area contributed by atoms with Gasteiger partial charge in [-0.3, -0.25) is 9.69 Å². The summed E-state index contributed by atoms with van der Waals surface area (Å²) in [5.74, 6) is 0.545. The van der Waals surface area contributed by atoms with E-state index in [4.69, 9.17) is 4.42 Å². The summed E-state index contributed by atoms with van der Waals surface area (Å²) in [7, 11) is 0. The molecule has 1 aromatic heterocycles. The lowest BCUT2D eigenvalue weighted by atomic mass is 10.2. The molecule has 0 N–H and O–H groups in total. The highest BCUT2D eigenvalue weighted by molar-refractivity contribution is 9.10. The highest BCUT2D eigenvalue weighted by atomic mass is 79.9. The molecule has 0 atom stereocenters. The maximum Gasteiger partial charge on any atom is 0.267 e. The highest BCUT2D eigenvalue weighted by Crippen LogP contribution is 2.34. The van der Waals surface area contributed by atoms with Gasteiger partial charge < -0.3 is 4.42 Å². The van der Waals surface area contributed by atoms with Gasteiger partial charge in [0.2, 0.25) is 0 Å². The molecule has 4 rings (SSSR count). The molecule has 3 aromatic rings. The molecule has 30 heavy (non-hydrogen) atoms. The smallest absolute Gasteiger partial charge is 0.267 e. The fraction of sp³-hybridized carbons (Fsp3) is 0.0455. The second kappa shape index (κ2) is 9.59. The van der Waals surface area contributed by atoms with Crippen molar-refractivity contribution in [2.24, 2.45) is 10.2 Å². The lowest BCUT2D eigenvalue weighted by Crippen LogP contribution is -2.28. The van der Waals surface area contributed by atoms with E-state index in [0.717, 1.165) is 20.1 Å². The number of amides is 1. The van der Waals surface area contributed by atoms with Gasteiger partial charge in [-0.1, -0.05) is 56.1 Å². The first-order valence-electron chi connectivity index (χ1n) is 8.94. The summed E-state index contributed by atoms with van der Waals surface area (Å²) >= 11 is 8.20. The molecule has 5 nitrogen and oxygen atoms in total. The molecule has 1 fully saturated rings. The van der Waals surface area contributed by atoms with Gasteiger partial charge in [-0.05, 0) is 65.4 Å². The molecule has 1 aliphatic rings. The molecule has 0 saturated carbocycles. The number of amidine groups is 1. The molecule has 0 aliphatic carbocycles. The minimum absolute atomic E-state index is 0.132. The van der Waals surface area contributed by atoms with Gasteiger partial charge in [0.1, 0.15) is 5.76 Å². The van der Waals surface area contributed by atoms with Gasteiger partial charge in [-0.15, -0.1) is 5.10 Å². The Morgan fingerprint density at radius 3 is 2.43 bits per heavy atom. The topological polar surface area (TPSA) is 58.2 Å². The van der Waals surface area contributed by atoms with Crippen molar-refractivity contribution >= 4 is 67.0 Å². The van der Waals surface area contributed by atoms with Gasteiger partial charge in [-0.25, -0.2) is 0 Å². The van der Waals surface area contributed by atoms with E-state index in [0.29, 0.717) is 22.4 Å². The zero-order chi connectivity index (χ0) is 20.9. The van der Waals surface area contributed by atoms with Crippen LogP contribution in [0.15, 0.2) is 95.4 Å². The Morgan fingerprint density at radius 1 is 1.00 bits per heavy atom. The zero-order valence-electron chi connectivity index (χ0n) is 15.5. The van der Waals surface area contributed by atoms with E-state index in [1.54, 1.807) is 23.4 Å². The quantitative estimate of drug-likeness (QED) is 0.215. The van der Waals surface area contributed by atoms with Crippen LogP contribution < -0.4 is 0 Å². The predicted octanol–water partition coefficient (Wildman–Crippen LogP) is 6.31. The minimum atomic E-state index is -0.132. The molecule has 150 valence electrons. The number of carbonyl (C=O) groups excluding carboxylic acids is 1. The van der Waals surface area contributed by atoms with E-state index in [9.17, 15) is 4.79 Å². The van der Waals surface area contributed by atoms with Crippen LogP contribution in [-0.4, -0.2) is 22.2 Å². The molecule has 0 spiro atoms. The molecule has 2 heterocycles. The second-order valence-corrected chi connectivity index (χ2v) is 9.16. The van der Waals surface area contributed by atoms with Crippen molar-refractivity contribution in [1.82, 2.24) is 4.90 Å². The van der Waals surface area contributed by atoms with Crippen LogP contribution >= 0.6 is 43.6 Å². The third-order valence-corrected chi connectivity index (χ3v) is 6.11. The van der Waals surface area contributed by atoms with Crippen LogP contribution in [0, 0.1) is 0 Å². The van der Waals surface area contributed by atoms with Crippen LogP contribution in [0.25, 0.3) is 6.08 Å².